The van der Waals surface area contributed by atoms with Gasteiger partial charge in [0, 0.05) is 24.3 Å². The van der Waals surface area contributed by atoms with Crippen LogP contribution >= 0.6 is 15.9 Å². The second kappa shape index (κ2) is 5.58. The second-order valence-corrected chi connectivity index (χ2v) is 3.52. The molecule has 0 bridgehead atoms. The number of alkyl halides is 1. The predicted octanol–water partition coefficient (Wildman–Crippen LogP) is 2.03. The fourth-order valence-corrected chi connectivity index (χ4v) is 1.35. The van der Waals surface area contributed by atoms with Crippen LogP contribution in [-0.2, 0) is 4.79 Å². The van der Waals surface area contributed by atoms with Gasteiger partial charge in [-0.05, 0) is 13.8 Å². The second-order valence-electron chi connectivity index (χ2n) is 2.72. The van der Waals surface area contributed by atoms with Crippen molar-refractivity contribution in [3.63, 3.8) is 0 Å². The lowest BCUT2D eigenvalue weighted by molar-refractivity contribution is -0.132. The number of hydrogen-bond donors (Lipinski definition) is 0. The summed E-state index contributed by atoms with van der Waals surface area (Å²) in [6, 6.07) is 0.319. The summed E-state index contributed by atoms with van der Waals surface area (Å²) >= 11 is 3.32. The van der Waals surface area contributed by atoms with Crippen molar-refractivity contribution in [2.75, 3.05) is 11.9 Å². The smallest absolute Gasteiger partial charge is 0.222 e. The molecule has 3 heteroatoms. The minimum Gasteiger partial charge on any atom is -0.339 e. The fourth-order valence-electron chi connectivity index (χ4n) is 0.965. The highest BCUT2D eigenvalue weighted by Gasteiger charge is 2.12. The Balaban J connectivity index is 3.98. The lowest BCUT2D eigenvalue weighted by Gasteiger charge is -2.25. The molecular formula is C8H16BrNO. The molecular weight excluding hydrogens is 206 g/mol. The summed E-state index contributed by atoms with van der Waals surface area (Å²) in [5.74, 6) is 0.236. The Morgan fingerprint density at radius 3 is 2.36 bits per heavy atom. The first-order chi connectivity index (χ1) is 5.13. The van der Waals surface area contributed by atoms with Crippen LogP contribution in [0, 0.1) is 0 Å². The third-order valence-corrected chi connectivity index (χ3v) is 1.93. The zero-order chi connectivity index (χ0) is 8.85. The van der Waals surface area contributed by atoms with Crippen LogP contribution in [-0.4, -0.2) is 28.7 Å². The van der Waals surface area contributed by atoms with Crippen molar-refractivity contribution >= 4 is 21.8 Å². The molecule has 0 saturated heterocycles. The third kappa shape index (κ3) is 3.75. The van der Waals surface area contributed by atoms with Gasteiger partial charge in [-0.25, -0.2) is 0 Å². The molecule has 0 aromatic heterocycles. The molecule has 0 heterocycles. The first-order valence-corrected chi connectivity index (χ1v) is 5.11. The highest BCUT2D eigenvalue weighted by Crippen LogP contribution is 2.01. The van der Waals surface area contributed by atoms with Gasteiger partial charge in [-0.2, -0.15) is 0 Å². The summed E-state index contributed by atoms with van der Waals surface area (Å²) in [4.78, 5) is 13.1. The van der Waals surface area contributed by atoms with E-state index in [1.54, 1.807) is 0 Å². The largest absolute Gasteiger partial charge is 0.339 e. The van der Waals surface area contributed by atoms with Gasteiger partial charge in [0.05, 0.1) is 0 Å². The Hall–Kier alpha value is -0.0500. The van der Waals surface area contributed by atoms with E-state index < -0.39 is 0 Å². The number of hydrogen-bond acceptors (Lipinski definition) is 1. The lowest BCUT2D eigenvalue weighted by Crippen LogP contribution is -2.37. The summed E-state index contributed by atoms with van der Waals surface area (Å²) < 4.78 is 0. The highest BCUT2D eigenvalue weighted by molar-refractivity contribution is 9.09. The Morgan fingerprint density at radius 2 is 2.09 bits per heavy atom. The third-order valence-electron chi connectivity index (χ3n) is 1.57. The van der Waals surface area contributed by atoms with Crippen LogP contribution in [0.4, 0.5) is 0 Å². The molecule has 0 N–H and O–H groups in total. The molecule has 2 nitrogen and oxygen atoms in total. The average Bonchev–Trinajstić information content (AvgIpc) is 1.98. The molecule has 11 heavy (non-hydrogen) atoms. The van der Waals surface area contributed by atoms with Gasteiger partial charge in [0.1, 0.15) is 0 Å². The molecule has 0 saturated carbocycles. The zero-order valence-electron chi connectivity index (χ0n) is 7.43. The number of carbonyl (C=O) groups is 1. The van der Waals surface area contributed by atoms with E-state index in [9.17, 15) is 4.79 Å². The lowest BCUT2D eigenvalue weighted by atomic mass is 10.3. The van der Waals surface area contributed by atoms with Crippen molar-refractivity contribution < 1.29 is 4.79 Å². The van der Waals surface area contributed by atoms with Gasteiger partial charge in [-0.3, -0.25) is 4.79 Å². The number of rotatable bonds is 4. The number of carbonyl (C=O) groups excluding carboxylic acids is 1. The van der Waals surface area contributed by atoms with Crippen LogP contribution in [0.1, 0.15) is 27.2 Å². The molecule has 0 aliphatic rings. The molecule has 0 unspecified atom stereocenters. The molecule has 66 valence electrons. The number of halogens is 1. The molecule has 0 fully saturated rings. The van der Waals surface area contributed by atoms with Gasteiger partial charge in [0.25, 0.3) is 0 Å². The minimum atomic E-state index is 0.236. The molecule has 0 aliphatic carbocycles. The van der Waals surface area contributed by atoms with Crippen LogP contribution in [0.5, 0.6) is 0 Å². The molecule has 0 aromatic carbocycles. The molecule has 1 amide bonds. The topological polar surface area (TPSA) is 20.3 Å². The highest BCUT2D eigenvalue weighted by atomic mass is 79.9. The van der Waals surface area contributed by atoms with Gasteiger partial charge in [0.2, 0.25) is 5.91 Å². The Bertz CT molecular complexity index is 125. The molecule has 0 aromatic rings. The number of amides is 1. The minimum absolute atomic E-state index is 0.236. The van der Waals surface area contributed by atoms with Gasteiger partial charge < -0.3 is 4.90 Å². The van der Waals surface area contributed by atoms with E-state index in [1.807, 2.05) is 25.7 Å². The van der Waals surface area contributed by atoms with E-state index in [0.29, 0.717) is 12.5 Å². The SMILES string of the molecule is CCC(=O)N(CCBr)C(C)C. The van der Waals surface area contributed by atoms with Gasteiger partial charge in [0.15, 0.2) is 0 Å². The molecule has 0 spiro atoms. The summed E-state index contributed by atoms with van der Waals surface area (Å²) in [5.41, 5.74) is 0. The van der Waals surface area contributed by atoms with Crippen LogP contribution in [0.25, 0.3) is 0 Å². The fraction of sp³-hybridized carbons (Fsp3) is 0.875. The summed E-state index contributed by atoms with van der Waals surface area (Å²) in [6.07, 6.45) is 0.602. The average molecular weight is 222 g/mol. The van der Waals surface area contributed by atoms with E-state index in [-0.39, 0.29) is 5.91 Å². The van der Waals surface area contributed by atoms with Crippen LogP contribution < -0.4 is 0 Å². The Kier molecular flexibility index (Phi) is 5.56. The normalized spacial score (nSPS) is 10.3. The van der Waals surface area contributed by atoms with Crippen LogP contribution in [0.2, 0.25) is 0 Å². The number of nitrogens with zero attached hydrogens (tertiary/aromatic N) is 1. The summed E-state index contributed by atoms with van der Waals surface area (Å²) in [7, 11) is 0. The summed E-state index contributed by atoms with van der Waals surface area (Å²) in [5, 5.41) is 0.858. The van der Waals surface area contributed by atoms with Gasteiger partial charge in [-0.15, -0.1) is 0 Å². The van der Waals surface area contributed by atoms with Crippen LogP contribution in [0.15, 0.2) is 0 Å². The van der Waals surface area contributed by atoms with E-state index in [0.717, 1.165) is 11.9 Å². The quantitative estimate of drug-likeness (QED) is 0.666. The maximum atomic E-state index is 11.2. The molecule has 0 rings (SSSR count). The van der Waals surface area contributed by atoms with E-state index >= 15 is 0 Å². The maximum absolute atomic E-state index is 11.2. The summed E-state index contributed by atoms with van der Waals surface area (Å²) in [6.45, 7) is 6.78. The van der Waals surface area contributed by atoms with Crippen molar-refractivity contribution in [3.05, 3.63) is 0 Å². The van der Waals surface area contributed by atoms with Gasteiger partial charge >= 0.3 is 0 Å². The predicted molar refractivity (Wildman–Crippen MR) is 50.9 cm³/mol. The van der Waals surface area contributed by atoms with E-state index in [1.165, 1.54) is 0 Å². The van der Waals surface area contributed by atoms with Crippen LogP contribution in [0.3, 0.4) is 0 Å². The monoisotopic (exact) mass is 221 g/mol. The first-order valence-electron chi connectivity index (χ1n) is 3.98. The zero-order valence-corrected chi connectivity index (χ0v) is 9.02. The van der Waals surface area contributed by atoms with Crippen molar-refractivity contribution in [1.82, 2.24) is 4.90 Å². The molecule has 0 radical (unpaired) electrons. The van der Waals surface area contributed by atoms with Crippen molar-refractivity contribution in [3.8, 4) is 0 Å². The van der Waals surface area contributed by atoms with Gasteiger partial charge in [-0.1, -0.05) is 22.9 Å². The maximum Gasteiger partial charge on any atom is 0.222 e. The Morgan fingerprint density at radius 1 is 1.55 bits per heavy atom. The van der Waals surface area contributed by atoms with Crippen molar-refractivity contribution in [2.45, 2.75) is 33.2 Å². The molecule has 0 aliphatic heterocycles. The van der Waals surface area contributed by atoms with E-state index in [4.69, 9.17) is 0 Å². The van der Waals surface area contributed by atoms with Crippen molar-refractivity contribution in [1.29, 1.82) is 0 Å². The van der Waals surface area contributed by atoms with E-state index in [2.05, 4.69) is 15.9 Å². The van der Waals surface area contributed by atoms with Crippen molar-refractivity contribution in [2.24, 2.45) is 0 Å². The first kappa shape index (κ1) is 11.0. The molecule has 0 atom stereocenters. The standard InChI is InChI=1S/C8H16BrNO/c1-4-8(11)10(6-5-9)7(2)3/h7H,4-6H2,1-3H3. The Labute approximate surface area is 77.1 Å².